The number of aromatic nitrogens is 1. The molecule has 1 unspecified atom stereocenters. The fourth-order valence-corrected chi connectivity index (χ4v) is 4.62. The number of hydrogen-bond acceptors (Lipinski definition) is 4. The quantitative estimate of drug-likeness (QED) is 0.262. The Morgan fingerprint density at radius 1 is 0.944 bits per heavy atom. The second-order valence-corrected chi connectivity index (χ2v) is 9.99. The Labute approximate surface area is 215 Å². The highest BCUT2D eigenvalue weighted by molar-refractivity contribution is 6.30. The van der Waals surface area contributed by atoms with Crippen LogP contribution in [-0.4, -0.2) is 11.1 Å². The number of amides is 1. The van der Waals surface area contributed by atoms with Gasteiger partial charge in [-0.05, 0) is 74.7 Å². The summed E-state index contributed by atoms with van der Waals surface area (Å²) in [6.07, 6.45) is 0. The second kappa shape index (κ2) is 9.32. The lowest BCUT2D eigenvalue weighted by Crippen LogP contribution is -2.42. The number of carbonyl (C=O) groups excluding carboxylic acids is 1. The van der Waals surface area contributed by atoms with Crippen molar-refractivity contribution in [2.75, 3.05) is 0 Å². The summed E-state index contributed by atoms with van der Waals surface area (Å²) < 4.78 is 11.4. The predicted molar refractivity (Wildman–Crippen MR) is 142 cm³/mol. The minimum absolute atomic E-state index is 0.0832. The van der Waals surface area contributed by atoms with E-state index in [1.807, 2.05) is 107 Å². The molecule has 0 aliphatic carbocycles. The topological polar surface area (TPSA) is 68.3 Å². The van der Waals surface area contributed by atoms with Crippen molar-refractivity contribution in [2.24, 2.45) is 0 Å². The summed E-state index contributed by atoms with van der Waals surface area (Å²) >= 11 is 6.12. The van der Waals surface area contributed by atoms with E-state index in [0.29, 0.717) is 16.5 Å². The van der Waals surface area contributed by atoms with Gasteiger partial charge in [0, 0.05) is 10.4 Å². The Hall–Kier alpha value is -3.83. The zero-order valence-electron chi connectivity index (χ0n) is 20.6. The van der Waals surface area contributed by atoms with Gasteiger partial charge in [-0.15, -0.1) is 0 Å². The number of aryl methyl sites for hydroxylation is 2. The van der Waals surface area contributed by atoms with Crippen molar-refractivity contribution < 1.29 is 13.7 Å². The maximum atomic E-state index is 13.7. The summed E-state index contributed by atoms with van der Waals surface area (Å²) in [6, 6.07) is 25.0. The monoisotopic (exact) mass is 498 g/mol. The van der Waals surface area contributed by atoms with E-state index in [4.69, 9.17) is 20.5 Å². The standard InChI is InChI=1S/C30H27ClN2O3/c1-18-27(19(2)36-33-18)26-17-22-16-23(12-15-25(22)35-26)30(3,4)29(34)32-28(20-8-6-5-7-9-20)21-10-13-24(31)14-11-21/h5-17,28H,1-4H3,(H,32,34). The van der Waals surface area contributed by atoms with Crippen LogP contribution < -0.4 is 5.32 Å². The molecule has 0 aliphatic rings. The molecule has 6 heteroatoms. The molecule has 0 aliphatic heterocycles. The summed E-state index contributed by atoms with van der Waals surface area (Å²) in [6.45, 7) is 7.62. The van der Waals surface area contributed by atoms with Crippen LogP contribution in [0.25, 0.3) is 22.3 Å². The van der Waals surface area contributed by atoms with Crippen molar-refractivity contribution in [3.05, 3.63) is 112 Å². The number of nitrogens with zero attached hydrogens (tertiary/aromatic N) is 1. The first kappa shape index (κ1) is 23.9. The lowest BCUT2D eigenvalue weighted by molar-refractivity contribution is -0.126. The van der Waals surface area contributed by atoms with Gasteiger partial charge in [0.2, 0.25) is 5.91 Å². The van der Waals surface area contributed by atoms with Crippen molar-refractivity contribution in [1.29, 1.82) is 0 Å². The van der Waals surface area contributed by atoms with E-state index in [-0.39, 0.29) is 11.9 Å². The van der Waals surface area contributed by atoms with Crippen molar-refractivity contribution >= 4 is 28.5 Å². The average Bonchev–Trinajstić information content (AvgIpc) is 3.44. The molecule has 0 fully saturated rings. The molecule has 5 aromatic rings. The summed E-state index contributed by atoms with van der Waals surface area (Å²) in [5.41, 5.74) is 4.44. The predicted octanol–water partition coefficient (Wildman–Crippen LogP) is 7.54. The molecule has 3 aromatic carbocycles. The van der Waals surface area contributed by atoms with Gasteiger partial charge >= 0.3 is 0 Å². The van der Waals surface area contributed by atoms with Crippen LogP contribution in [-0.2, 0) is 10.2 Å². The molecule has 2 aromatic heterocycles. The fraction of sp³-hybridized carbons (Fsp3) is 0.200. The molecule has 1 amide bonds. The van der Waals surface area contributed by atoms with Gasteiger partial charge < -0.3 is 14.3 Å². The number of fused-ring (bicyclic) bond motifs is 1. The van der Waals surface area contributed by atoms with Gasteiger partial charge in [0.25, 0.3) is 0 Å². The Morgan fingerprint density at radius 2 is 1.64 bits per heavy atom. The molecule has 182 valence electrons. The fourth-order valence-electron chi connectivity index (χ4n) is 4.49. The van der Waals surface area contributed by atoms with Crippen LogP contribution in [0.5, 0.6) is 0 Å². The highest BCUT2D eigenvalue weighted by atomic mass is 35.5. The van der Waals surface area contributed by atoms with Gasteiger partial charge in [0.15, 0.2) is 0 Å². The third kappa shape index (κ3) is 4.42. The first-order chi connectivity index (χ1) is 17.2. The minimum atomic E-state index is -0.798. The van der Waals surface area contributed by atoms with E-state index in [9.17, 15) is 4.79 Å². The van der Waals surface area contributed by atoms with Crippen LogP contribution in [0.4, 0.5) is 0 Å². The van der Waals surface area contributed by atoms with E-state index in [0.717, 1.165) is 38.9 Å². The van der Waals surface area contributed by atoms with Gasteiger partial charge in [-0.25, -0.2) is 0 Å². The van der Waals surface area contributed by atoms with Gasteiger partial charge in [-0.3, -0.25) is 4.79 Å². The van der Waals surface area contributed by atoms with Crippen molar-refractivity contribution in [2.45, 2.75) is 39.2 Å². The van der Waals surface area contributed by atoms with E-state index in [2.05, 4.69) is 10.5 Å². The maximum absolute atomic E-state index is 13.7. The molecular weight excluding hydrogens is 472 g/mol. The first-order valence-electron chi connectivity index (χ1n) is 11.8. The Balaban J connectivity index is 1.47. The number of rotatable bonds is 6. The number of benzene rings is 3. The van der Waals surface area contributed by atoms with Crippen LogP contribution in [0.1, 0.15) is 48.0 Å². The highest BCUT2D eigenvalue weighted by Gasteiger charge is 2.32. The maximum Gasteiger partial charge on any atom is 0.230 e. The molecule has 0 bridgehead atoms. The zero-order valence-corrected chi connectivity index (χ0v) is 21.4. The first-order valence-corrected chi connectivity index (χ1v) is 12.2. The summed E-state index contributed by atoms with van der Waals surface area (Å²) in [7, 11) is 0. The molecule has 36 heavy (non-hydrogen) atoms. The van der Waals surface area contributed by atoms with E-state index >= 15 is 0 Å². The normalized spacial score (nSPS) is 12.6. The van der Waals surface area contributed by atoms with Crippen molar-refractivity contribution in [3.63, 3.8) is 0 Å². The number of hydrogen-bond donors (Lipinski definition) is 1. The van der Waals surface area contributed by atoms with Crippen LogP contribution >= 0.6 is 11.6 Å². The molecule has 0 saturated carbocycles. The van der Waals surface area contributed by atoms with Crippen molar-refractivity contribution in [3.8, 4) is 11.3 Å². The molecule has 5 nitrogen and oxygen atoms in total. The largest absolute Gasteiger partial charge is 0.456 e. The molecule has 0 spiro atoms. The Morgan fingerprint density at radius 3 is 2.31 bits per heavy atom. The van der Waals surface area contributed by atoms with Crippen molar-refractivity contribution in [1.82, 2.24) is 10.5 Å². The van der Waals surface area contributed by atoms with Gasteiger partial charge in [-0.2, -0.15) is 0 Å². The van der Waals surface area contributed by atoms with Gasteiger partial charge in [0.1, 0.15) is 17.1 Å². The van der Waals surface area contributed by atoms with Crippen LogP contribution in [0.3, 0.4) is 0 Å². The molecule has 5 rings (SSSR count). The summed E-state index contributed by atoms with van der Waals surface area (Å²) in [5, 5.41) is 8.87. The Kier molecular flexibility index (Phi) is 6.19. The number of furan rings is 1. The second-order valence-electron chi connectivity index (χ2n) is 9.56. The molecule has 0 radical (unpaired) electrons. The molecule has 0 saturated heterocycles. The highest BCUT2D eigenvalue weighted by Crippen LogP contribution is 2.35. The average molecular weight is 499 g/mol. The SMILES string of the molecule is Cc1noc(C)c1-c1cc2cc(C(C)(C)C(=O)NC(c3ccccc3)c3ccc(Cl)cc3)ccc2o1. The number of carbonyl (C=O) groups is 1. The summed E-state index contributed by atoms with van der Waals surface area (Å²) in [5.74, 6) is 1.33. The number of halogens is 1. The van der Waals surface area contributed by atoms with E-state index in [1.54, 1.807) is 0 Å². The lowest BCUT2D eigenvalue weighted by Gasteiger charge is -2.28. The third-order valence-electron chi connectivity index (χ3n) is 6.70. The zero-order chi connectivity index (χ0) is 25.4. The minimum Gasteiger partial charge on any atom is -0.456 e. The third-order valence-corrected chi connectivity index (χ3v) is 6.95. The molecule has 1 atom stereocenters. The van der Waals surface area contributed by atoms with E-state index < -0.39 is 5.41 Å². The number of nitrogens with one attached hydrogen (secondary N) is 1. The summed E-state index contributed by atoms with van der Waals surface area (Å²) in [4.78, 5) is 13.7. The van der Waals surface area contributed by atoms with Crippen LogP contribution in [0.2, 0.25) is 5.02 Å². The Bertz CT molecular complexity index is 1510. The van der Waals surface area contributed by atoms with Crippen LogP contribution in [0.15, 0.2) is 87.8 Å². The smallest absolute Gasteiger partial charge is 0.230 e. The molecular formula is C30H27ClN2O3. The molecule has 2 heterocycles. The van der Waals surface area contributed by atoms with E-state index in [1.165, 1.54) is 0 Å². The van der Waals surface area contributed by atoms with Crippen LogP contribution in [0, 0.1) is 13.8 Å². The van der Waals surface area contributed by atoms with Gasteiger partial charge in [-0.1, -0.05) is 65.3 Å². The lowest BCUT2D eigenvalue weighted by atomic mass is 9.82. The molecule has 1 N–H and O–H groups in total. The van der Waals surface area contributed by atoms with Gasteiger partial charge in [0.05, 0.1) is 22.7 Å².